The third-order valence-corrected chi connectivity index (χ3v) is 2.49. The van der Waals surface area contributed by atoms with E-state index in [4.69, 9.17) is 10.2 Å². The van der Waals surface area contributed by atoms with Gasteiger partial charge in [-0.1, -0.05) is 19.8 Å². The fourth-order valence-electron chi connectivity index (χ4n) is 1.27. The molecular weight excluding hydrogens is 244 g/mol. The van der Waals surface area contributed by atoms with E-state index in [1.54, 1.807) is 0 Å². The standard InChI is InChI=1S/C11H22O7/c1-2-3-4-5-18-11(17)10(16)9(15)8(14)7(13)6-12/h7-10,12-16H,2-6H2,1H3/t7-,8-,9+,10-/m1/s1. The van der Waals surface area contributed by atoms with Crippen LogP contribution in [0, 0.1) is 0 Å². The molecule has 7 heteroatoms. The largest absolute Gasteiger partial charge is 0.464 e. The predicted octanol–water partition coefficient (Wildman–Crippen LogP) is -1.84. The summed E-state index contributed by atoms with van der Waals surface area (Å²) in [6.07, 6.45) is -4.86. The van der Waals surface area contributed by atoms with Gasteiger partial charge in [0.15, 0.2) is 6.10 Å². The number of aliphatic hydroxyl groups excluding tert-OH is 5. The van der Waals surface area contributed by atoms with Crippen molar-refractivity contribution >= 4 is 5.97 Å². The Balaban J connectivity index is 4.11. The topological polar surface area (TPSA) is 127 Å². The van der Waals surface area contributed by atoms with E-state index in [1.807, 2.05) is 6.92 Å². The number of ether oxygens (including phenoxy) is 1. The van der Waals surface area contributed by atoms with Gasteiger partial charge in [-0.2, -0.15) is 0 Å². The summed E-state index contributed by atoms with van der Waals surface area (Å²) in [6.45, 7) is 1.30. The summed E-state index contributed by atoms with van der Waals surface area (Å²) in [7, 11) is 0. The van der Waals surface area contributed by atoms with E-state index in [0.29, 0.717) is 6.42 Å². The number of rotatable bonds is 9. The van der Waals surface area contributed by atoms with Crippen LogP contribution in [-0.4, -0.2) is 69.1 Å². The fraction of sp³-hybridized carbons (Fsp3) is 0.909. The first-order chi connectivity index (χ1) is 8.45. The molecule has 0 unspecified atom stereocenters. The lowest BCUT2D eigenvalue weighted by Crippen LogP contribution is -2.49. The van der Waals surface area contributed by atoms with Crippen molar-refractivity contribution in [2.24, 2.45) is 0 Å². The Morgan fingerprint density at radius 1 is 1.11 bits per heavy atom. The van der Waals surface area contributed by atoms with E-state index in [2.05, 4.69) is 4.74 Å². The van der Waals surface area contributed by atoms with Crippen LogP contribution in [0.4, 0.5) is 0 Å². The highest BCUT2D eigenvalue weighted by Crippen LogP contribution is 2.07. The molecule has 0 saturated carbocycles. The van der Waals surface area contributed by atoms with Crippen LogP contribution in [0.2, 0.25) is 0 Å². The first-order valence-electron chi connectivity index (χ1n) is 5.95. The van der Waals surface area contributed by atoms with Crippen molar-refractivity contribution in [1.29, 1.82) is 0 Å². The highest BCUT2D eigenvalue weighted by Gasteiger charge is 2.34. The van der Waals surface area contributed by atoms with E-state index in [9.17, 15) is 20.1 Å². The predicted molar refractivity (Wildman–Crippen MR) is 61.6 cm³/mol. The molecule has 108 valence electrons. The van der Waals surface area contributed by atoms with Gasteiger partial charge >= 0.3 is 5.97 Å². The minimum absolute atomic E-state index is 0.120. The Hall–Kier alpha value is -0.730. The van der Waals surface area contributed by atoms with Crippen molar-refractivity contribution in [3.05, 3.63) is 0 Å². The smallest absolute Gasteiger partial charge is 0.337 e. The Kier molecular flexibility index (Phi) is 8.86. The summed E-state index contributed by atoms with van der Waals surface area (Å²) in [5.41, 5.74) is 0. The first-order valence-corrected chi connectivity index (χ1v) is 5.95. The number of aliphatic hydroxyl groups is 5. The molecule has 0 aliphatic carbocycles. The Bertz CT molecular complexity index is 233. The summed E-state index contributed by atoms with van der Waals surface area (Å²) in [5, 5.41) is 45.7. The molecule has 0 spiro atoms. The van der Waals surface area contributed by atoms with Gasteiger partial charge in [0.2, 0.25) is 0 Å². The van der Waals surface area contributed by atoms with E-state index in [1.165, 1.54) is 0 Å². The molecule has 0 amide bonds. The number of esters is 1. The van der Waals surface area contributed by atoms with Crippen molar-refractivity contribution < 1.29 is 35.1 Å². The van der Waals surface area contributed by atoms with Gasteiger partial charge in [0.1, 0.15) is 18.3 Å². The normalized spacial score (nSPS) is 17.9. The van der Waals surface area contributed by atoms with Crippen LogP contribution in [0.5, 0.6) is 0 Å². The second-order valence-corrected chi connectivity index (χ2v) is 4.05. The zero-order valence-corrected chi connectivity index (χ0v) is 10.4. The molecule has 0 aromatic rings. The summed E-state index contributed by atoms with van der Waals surface area (Å²) >= 11 is 0. The molecule has 0 radical (unpaired) electrons. The molecule has 18 heavy (non-hydrogen) atoms. The highest BCUT2D eigenvalue weighted by atomic mass is 16.5. The summed E-state index contributed by atoms with van der Waals surface area (Å²) in [4.78, 5) is 11.3. The van der Waals surface area contributed by atoms with Gasteiger partial charge in [-0.25, -0.2) is 4.79 Å². The van der Waals surface area contributed by atoms with Crippen LogP contribution in [0.1, 0.15) is 26.2 Å². The monoisotopic (exact) mass is 266 g/mol. The zero-order chi connectivity index (χ0) is 14.1. The molecule has 0 saturated heterocycles. The molecule has 0 fully saturated rings. The quantitative estimate of drug-likeness (QED) is 0.245. The number of carbonyl (C=O) groups excluding carboxylic acids is 1. The van der Waals surface area contributed by atoms with Crippen LogP contribution in [0.25, 0.3) is 0 Å². The lowest BCUT2D eigenvalue weighted by atomic mass is 10.0. The average molecular weight is 266 g/mol. The lowest BCUT2D eigenvalue weighted by molar-refractivity contribution is -0.170. The molecule has 7 nitrogen and oxygen atoms in total. The van der Waals surface area contributed by atoms with Gasteiger partial charge in [-0.05, 0) is 6.42 Å². The second kappa shape index (κ2) is 9.23. The molecule has 0 aliphatic heterocycles. The molecular formula is C11H22O7. The van der Waals surface area contributed by atoms with Crippen LogP contribution in [0.15, 0.2) is 0 Å². The average Bonchev–Trinajstić information content (AvgIpc) is 2.39. The summed E-state index contributed by atoms with van der Waals surface area (Å²) in [5.74, 6) is -1.07. The van der Waals surface area contributed by atoms with Gasteiger partial charge in [-0.15, -0.1) is 0 Å². The minimum Gasteiger partial charge on any atom is -0.464 e. The molecule has 0 aliphatic rings. The lowest BCUT2D eigenvalue weighted by Gasteiger charge is -2.24. The fourth-order valence-corrected chi connectivity index (χ4v) is 1.27. The maximum Gasteiger partial charge on any atom is 0.337 e. The van der Waals surface area contributed by atoms with Crippen molar-refractivity contribution in [3.63, 3.8) is 0 Å². The van der Waals surface area contributed by atoms with Crippen LogP contribution >= 0.6 is 0 Å². The zero-order valence-electron chi connectivity index (χ0n) is 10.4. The number of unbranched alkanes of at least 4 members (excludes halogenated alkanes) is 2. The molecule has 4 atom stereocenters. The van der Waals surface area contributed by atoms with E-state index in [0.717, 1.165) is 12.8 Å². The van der Waals surface area contributed by atoms with Gasteiger partial charge in [0.25, 0.3) is 0 Å². The molecule has 0 rings (SSSR count). The van der Waals surface area contributed by atoms with Crippen LogP contribution < -0.4 is 0 Å². The third kappa shape index (κ3) is 5.74. The van der Waals surface area contributed by atoms with Gasteiger partial charge in [-0.3, -0.25) is 0 Å². The molecule has 0 heterocycles. The van der Waals surface area contributed by atoms with Gasteiger partial charge in [0.05, 0.1) is 13.2 Å². The Labute approximate surface area is 106 Å². The third-order valence-electron chi connectivity index (χ3n) is 2.49. The molecule has 5 N–H and O–H groups in total. The van der Waals surface area contributed by atoms with E-state index >= 15 is 0 Å². The Morgan fingerprint density at radius 3 is 2.22 bits per heavy atom. The van der Waals surface area contributed by atoms with Crippen molar-refractivity contribution in [3.8, 4) is 0 Å². The van der Waals surface area contributed by atoms with Crippen molar-refractivity contribution in [2.75, 3.05) is 13.2 Å². The minimum atomic E-state index is -1.96. The van der Waals surface area contributed by atoms with Gasteiger partial charge < -0.3 is 30.3 Å². The summed E-state index contributed by atoms with van der Waals surface area (Å²) < 4.78 is 4.69. The number of carbonyl (C=O) groups is 1. The van der Waals surface area contributed by atoms with Crippen LogP contribution in [-0.2, 0) is 9.53 Å². The highest BCUT2D eigenvalue weighted by molar-refractivity contribution is 5.75. The van der Waals surface area contributed by atoms with Gasteiger partial charge in [0, 0.05) is 0 Å². The second-order valence-electron chi connectivity index (χ2n) is 4.05. The molecule has 0 bridgehead atoms. The summed E-state index contributed by atoms with van der Waals surface area (Å²) in [6, 6.07) is 0. The maximum absolute atomic E-state index is 11.3. The van der Waals surface area contributed by atoms with E-state index < -0.39 is 37.0 Å². The number of hydrogen-bond acceptors (Lipinski definition) is 7. The van der Waals surface area contributed by atoms with E-state index in [-0.39, 0.29) is 6.61 Å². The van der Waals surface area contributed by atoms with Crippen LogP contribution in [0.3, 0.4) is 0 Å². The molecule has 0 aromatic carbocycles. The number of hydrogen-bond donors (Lipinski definition) is 5. The SMILES string of the molecule is CCCCCOC(=O)[C@H](O)[C@@H](O)[C@H](O)[C@H](O)CO. The maximum atomic E-state index is 11.3. The molecule has 0 aromatic heterocycles. The first kappa shape index (κ1) is 17.3. The van der Waals surface area contributed by atoms with Crippen molar-refractivity contribution in [2.45, 2.75) is 50.6 Å². The van der Waals surface area contributed by atoms with Crippen molar-refractivity contribution in [1.82, 2.24) is 0 Å². The Morgan fingerprint density at radius 2 is 1.72 bits per heavy atom.